The van der Waals surface area contributed by atoms with Crippen LogP contribution in [-0.2, 0) is 33.3 Å². The van der Waals surface area contributed by atoms with Crippen LogP contribution in [0.15, 0.2) is 0 Å². The van der Waals surface area contributed by atoms with Gasteiger partial charge in [-0.25, -0.2) is 0 Å². The van der Waals surface area contributed by atoms with Crippen molar-refractivity contribution in [3.8, 4) is 0 Å². The van der Waals surface area contributed by atoms with Gasteiger partial charge in [-0.3, -0.25) is 9.59 Å². The Bertz CT molecular complexity index is 1510. The molecule has 0 aromatic rings. The Balaban J connectivity index is 2.03. The van der Waals surface area contributed by atoms with Gasteiger partial charge in [0.2, 0.25) is 0 Å². The van der Waals surface area contributed by atoms with Gasteiger partial charge >= 0.3 is 11.9 Å². The summed E-state index contributed by atoms with van der Waals surface area (Å²) in [5, 5.41) is 89.7. The summed E-state index contributed by atoms with van der Waals surface area (Å²) < 4.78 is 29.3. The Morgan fingerprint density at radius 2 is 0.484 bits per heavy atom. The van der Waals surface area contributed by atoms with Crippen LogP contribution in [0.4, 0.5) is 0 Å². The molecule has 14 atom stereocenters. The fraction of sp³-hybridized carbons (Fsp3) is 0.974. The maximum Gasteiger partial charge on any atom is 0.311 e. The van der Waals surface area contributed by atoms with E-state index in [4.69, 9.17) is 23.7 Å². The normalized spacial score (nSPS) is 23.3. The quantitative estimate of drug-likeness (QED) is 0.0209. The molecule has 2 fully saturated rings. The molecule has 91 heavy (non-hydrogen) atoms. The molecule has 0 aliphatic carbocycles. The number of carbonyl (C=O) groups excluding carboxylic acids is 2. The number of aliphatic hydroxyl groups excluding tert-OH is 8. The second-order valence-corrected chi connectivity index (χ2v) is 28.2. The van der Waals surface area contributed by atoms with Crippen molar-refractivity contribution < 1.29 is 74.1 Å². The van der Waals surface area contributed by atoms with Crippen molar-refractivity contribution in [1.29, 1.82) is 0 Å². The Morgan fingerprint density at radius 1 is 0.286 bits per heavy atom. The van der Waals surface area contributed by atoms with E-state index in [9.17, 15) is 50.4 Å². The summed E-state index contributed by atoms with van der Waals surface area (Å²) in [4.78, 5) is 27.9. The van der Waals surface area contributed by atoms with E-state index in [0.717, 1.165) is 103 Å². The molecule has 15 nitrogen and oxygen atoms in total. The molecule has 0 radical (unpaired) electrons. The SMILES string of the molecule is CCCCCCCCCCCCCCCC(O)C(CCCCCCCCCCCCCC)C(=O)OC[C@H]1O[C@@H](OC2O[C@H](COC(=O)C(CCCCCCCCCCCCCC)C(O)CCCCCCCCCCCCCCC)[C@@H](O)[C@H](O)[C@H]2O)[C@H](O)[C@@H](O)[C@@H]1O. The molecule has 2 aliphatic rings. The van der Waals surface area contributed by atoms with Crippen molar-refractivity contribution in [2.24, 2.45) is 11.8 Å². The van der Waals surface area contributed by atoms with Gasteiger partial charge in [-0.2, -0.15) is 0 Å². The fourth-order valence-electron chi connectivity index (χ4n) is 13.5. The van der Waals surface area contributed by atoms with Crippen molar-refractivity contribution in [2.45, 2.75) is 448 Å². The highest BCUT2D eigenvalue weighted by Gasteiger charge is 2.50. The standard InChI is InChI=1S/C76H146O15/c1-5-9-13-17-21-25-29-33-37-41-45-49-53-57-63(77)61(55-51-47-43-39-35-31-27-23-19-15-11-7-3)73(85)87-59-65-67(79)69(81)71(83)75(89-65)91-76-72(84)70(82)68(80)66(90-76)60-88-74(86)62(56-52-48-44-40-36-32-28-24-20-16-12-8-4)64(78)58-54-50-46-42-38-34-30-26-22-18-14-10-6-2/h61-72,75-84H,5-60H2,1-4H3/t61?,62?,63?,64?,65-,66-,67-,68-,69+,70+,71-,72-,75+,76?/m1/s1. The fourth-order valence-corrected chi connectivity index (χ4v) is 13.5. The number of hydrogen-bond donors (Lipinski definition) is 8. The van der Waals surface area contributed by atoms with Gasteiger partial charge in [0.05, 0.1) is 24.0 Å². The number of esters is 2. The third-order valence-electron chi connectivity index (χ3n) is 19.9. The molecule has 0 bridgehead atoms. The predicted octanol–water partition coefficient (Wildman–Crippen LogP) is 16.8. The molecule has 540 valence electrons. The van der Waals surface area contributed by atoms with E-state index >= 15 is 0 Å². The van der Waals surface area contributed by atoms with E-state index in [-0.39, 0.29) is 0 Å². The van der Waals surface area contributed by atoms with Crippen LogP contribution < -0.4 is 0 Å². The number of carbonyl (C=O) groups is 2. The molecule has 0 spiro atoms. The van der Waals surface area contributed by atoms with Crippen LogP contribution in [-0.4, -0.2) is 140 Å². The molecular formula is C76H146O15. The zero-order valence-electron chi connectivity index (χ0n) is 59.1. The molecule has 2 saturated heterocycles. The van der Waals surface area contributed by atoms with E-state index in [2.05, 4.69) is 27.7 Å². The molecule has 8 N–H and O–H groups in total. The maximum absolute atomic E-state index is 14.0. The molecule has 0 aromatic carbocycles. The summed E-state index contributed by atoms with van der Waals surface area (Å²) in [5.74, 6) is -2.93. The van der Waals surface area contributed by atoms with Gasteiger partial charge < -0.3 is 64.5 Å². The third-order valence-corrected chi connectivity index (χ3v) is 19.9. The van der Waals surface area contributed by atoms with E-state index in [1.165, 1.54) is 218 Å². The van der Waals surface area contributed by atoms with Crippen LogP contribution in [0.5, 0.6) is 0 Å². The van der Waals surface area contributed by atoms with Gasteiger partial charge in [0, 0.05) is 0 Å². The minimum Gasteiger partial charge on any atom is -0.463 e. The zero-order valence-corrected chi connectivity index (χ0v) is 59.1. The maximum atomic E-state index is 14.0. The topological polar surface area (TPSA) is 242 Å². The molecule has 2 aliphatic heterocycles. The average Bonchev–Trinajstić information content (AvgIpc) is 1.06. The van der Waals surface area contributed by atoms with Crippen LogP contribution in [0.25, 0.3) is 0 Å². The summed E-state index contributed by atoms with van der Waals surface area (Å²) >= 11 is 0. The van der Waals surface area contributed by atoms with E-state index in [0.29, 0.717) is 25.7 Å². The van der Waals surface area contributed by atoms with Gasteiger partial charge in [-0.15, -0.1) is 0 Å². The molecule has 2 heterocycles. The first-order valence-electron chi connectivity index (χ1n) is 39.1. The zero-order chi connectivity index (χ0) is 66.4. The van der Waals surface area contributed by atoms with Crippen molar-refractivity contribution in [3.63, 3.8) is 0 Å². The van der Waals surface area contributed by atoms with Crippen LogP contribution in [0, 0.1) is 11.8 Å². The summed E-state index contributed by atoms with van der Waals surface area (Å²) in [5.41, 5.74) is 0. The smallest absolute Gasteiger partial charge is 0.311 e. The van der Waals surface area contributed by atoms with Gasteiger partial charge in [-0.1, -0.05) is 349 Å². The molecule has 15 heteroatoms. The van der Waals surface area contributed by atoms with Gasteiger partial charge in [-0.05, 0) is 25.7 Å². The lowest BCUT2D eigenvalue weighted by atomic mass is 9.91. The first-order valence-corrected chi connectivity index (χ1v) is 39.1. The summed E-state index contributed by atoms with van der Waals surface area (Å²) in [6, 6.07) is 0. The summed E-state index contributed by atoms with van der Waals surface area (Å²) in [7, 11) is 0. The Kier molecular flexibility index (Phi) is 55.1. The molecule has 0 aromatic heterocycles. The minimum atomic E-state index is -1.89. The van der Waals surface area contributed by atoms with Crippen molar-refractivity contribution in [2.75, 3.05) is 13.2 Å². The number of unbranched alkanes of at least 4 members (excludes halogenated alkanes) is 46. The average molecular weight is 1300 g/mol. The highest BCUT2D eigenvalue weighted by Crippen LogP contribution is 2.31. The van der Waals surface area contributed by atoms with E-state index < -0.39 is 111 Å². The first kappa shape index (κ1) is 85.6. The summed E-state index contributed by atoms with van der Waals surface area (Å²) in [6.07, 6.45) is 41.7. The van der Waals surface area contributed by atoms with Crippen molar-refractivity contribution >= 4 is 11.9 Å². The predicted molar refractivity (Wildman–Crippen MR) is 367 cm³/mol. The number of aliphatic hydroxyl groups is 8. The monoisotopic (exact) mass is 1300 g/mol. The van der Waals surface area contributed by atoms with E-state index in [1.54, 1.807) is 0 Å². The van der Waals surface area contributed by atoms with E-state index in [1.807, 2.05) is 0 Å². The molecule has 5 unspecified atom stereocenters. The molecule has 0 amide bonds. The lowest BCUT2D eigenvalue weighted by molar-refractivity contribution is -0.376. The number of ether oxygens (including phenoxy) is 5. The highest BCUT2D eigenvalue weighted by atomic mass is 16.8. The number of rotatable bonds is 64. The lowest BCUT2D eigenvalue weighted by Crippen LogP contribution is -2.64. The van der Waals surface area contributed by atoms with Gasteiger partial charge in [0.1, 0.15) is 62.0 Å². The van der Waals surface area contributed by atoms with Crippen molar-refractivity contribution in [1.82, 2.24) is 0 Å². The number of hydrogen-bond acceptors (Lipinski definition) is 15. The highest BCUT2D eigenvalue weighted by molar-refractivity contribution is 5.73. The molecular weight excluding hydrogens is 1150 g/mol. The van der Waals surface area contributed by atoms with Crippen LogP contribution >= 0.6 is 0 Å². The first-order chi connectivity index (χ1) is 44.3. The van der Waals surface area contributed by atoms with Gasteiger partial charge in [0.15, 0.2) is 12.6 Å². The second kappa shape index (κ2) is 58.6. The Hall–Kier alpha value is -1.50. The van der Waals surface area contributed by atoms with Crippen LogP contribution in [0.2, 0.25) is 0 Å². The third kappa shape index (κ3) is 41.4. The van der Waals surface area contributed by atoms with Crippen LogP contribution in [0.1, 0.15) is 374 Å². The Morgan fingerprint density at radius 3 is 0.703 bits per heavy atom. The second-order valence-electron chi connectivity index (χ2n) is 28.2. The van der Waals surface area contributed by atoms with Crippen LogP contribution in [0.3, 0.4) is 0 Å². The Labute approximate surface area is 556 Å². The molecule has 2 rings (SSSR count). The largest absolute Gasteiger partial charge is 0.463 e. The summed E-state index contributed by atoms with van der Waals surface area (Å²) in [6.45, 7) is 7.86. The van der Waals surface area contributed by atoms with Crippen molar-refractivity contribution in [3.05, 3.63) is 0 Å². The lowest BCUT2D eigenvalue weighted by Gasteiger charge is -2.44. The van der Waals surface area contributed by atoms with Gasteiger partial charge in [0.25, 0.3) is 0 Å². The molecule has 0 saturated carbocycles. The minimum absolute atomic E-state index is 0.429.